The first-order chi connectivity index (χ1) is 7.74. The Balaban J connectivity index is 1.90. The van der Waals surface area contributed by atoms with Crippen molar-refractivity contribution in [3.63, 3.8) is 0 Å². The Morgan fingerprint density at radius 1 is 1.56 bits per heavy atom. The number of hydrogen-bond donors (Lipinski definition) is 1. The van der Waals surface area contributed by atoms with Crippen molar-refractivity contribution in [1.29, 1.82) is 0 Å². The third kappa shape index (κ3) is 2.54. The van der Waals surface area contributed by atoms with Crippen molar-refractivity contribution in [2.75, 3.05) is 13.1 Å². The lowest BCUT2D eigenvalue weighted by Crippen LogP contribution is -2.44. The highest BCUT2D eigenvalue weighted by molar-refractivity contribution is 5.89. The molecule has 2 aliphatic rings. The average molecular weight is 224 g/mol. The Kier molecular flexibility index (Phi) is 3.46. The van der Waals surface area contributed by atoms with E-state index < -0.39 is 0 Å². The molecule has 0 aromatic carbocycles. The molecule has 1 saturated heterocycles. The average Bonchev–Trinajstić information content (AvgIpc) is 3.11. The van der Waals surface area contributed by atoms with E-state index in [0.29, 0.717) is 5.92 Å². The van der Waals surface area contributed by atoms with Crippen LogP contribution in [-0.2, 0) is 4.79 Å². The molecule has 90 valence electrons. The summed E-state index contributed by atoms with van der Waals surface area (Å²) in [7, 11) is 0. The molecule has 2 fully saturated rings. The van der Waals surface area contributed by atoms with E-state index in [1.54, 1.807) is 0 Å². The van der Waals surface area contributed by atoms with E-state index in [9.17, 15) is 4.79 Å². The maximum absolute atomic E-state index is 11.9. The van der Waals surface area contributed by atoms with Crippen molar-refractivity contribution in [2.24, 2.45) is 17.0 Å². The van der Waals surface area contributed by atoms with Crippen LogP contribution in [0.5, 0.6) is 0 Å². The fourth-order valence-corrected chi connectivity index (χ4v) is 2.34. The highest BCUT2D eigenvalue weighted by atomic mass is 16.4. The summed E-state index contributed by atoms with van der Waals surface area (Å²) in [4.78, 5) is 13.9. The predicted molar refractivity (Wildman–Crippen MR) is 61.5 cm³/mol. The van der Waals surface area contributed by atoms with Gasteiger partial charge in [0, 0.05) is 31.8 Å². The third-order valence-electron chi connectivity index (χ3n) is 3.68. The minimum atomic E-state index is 0.252. The molecule has 1 aliphatic heterocycles. The molecular weight excluding hydrogens is 204 g/mol. The molecule has 1 amide bonds. The predicted octanol–water partition coefficient (Wildman–Crippen LogP) is 1.88. The number of carbonyl (C=O) groups is 1. The number of carbonyl (C=O) groups excluding carboxylic acids is 1. The van der Waals surface area contributed by atoms with Gasteiger partial charge in [-0.25, -0.2) is 0 Å². The van der Waals surface area contributed by atoms with Gasteiger partial charge in [-0.2, -0.15) is 0 Å². The molecule has 1 saturated carbocycles. The zero-order valence-corrected chi connectivity index (χ0v) is 9.85. The summed E-state index contributed by atoms with van der Waals surface area (Å²) >= 11 is 0. The second-order valence-corrected chi connectivity index (χ2v) is 4.93. The Morgan fingerprint density at radius 3 is 2.88 bits per heavy atom. The van der Waals surface area contributed by atoms with E-state index in [1.807, 2.05) is 4.90 Å². The monoisotopic (exact) mass is 224 g/mol. The zero-order chi connectivity index (χ0) is 11.5. The van der Waals surface area contributed by atoms with Gasteiger partial charge in [-0.3, -0.25) is 4.79 Å². The minimum absolute atomic E-state index is 0.252. The van der Waals surface area contributed by atoms with Crippen LogP contribution in [0, 0.1) is 11.8 Å². The Labute approximate surface area is 96.3 Å². The van der Waals surface area contributed by atoms with E-state index >= 15 is 0 Å². The van der Waals surface area contributed by atoms with Crippen molar-refractivity contribution < 1.29 is 10.0 Å². The molecular formula is C12H20N2O2. The number of nitrogens with zero attached hydrogens (tertiary/aromatic N) is 2. The van der Waals surface area contributed by atoms with Crippen molar-refractivity contribution in [2.45, 2.75) is 39.0 Å². The number of amides is 1. The maximum atomic E-state index is 11.9. The summed E-state index contributed by atoms with van der Waals surface area (Å²) in [6, 6.07) is 0. The largest absolute Gasteiger partial charge is 0.411 e. The van der Waals surface area contributed by atoms with Gasteiger partial charge in [0.15, 0.2) is 0 Å². The first-order valence-corrected chi connectivity index (χ1v) is 6.23. The smallest absolute Gasteiger partial charge is 0.222 e. The molecule has 1 unspecified atom stereocenters. The fraction of sp³-hybridized carbons (Fsp3) is 0.833. The first kappa shape index (κ1) is 11.4. The number of oxime groups is 1. The van der Waals surface area contributed by atoms with Crippen molar-refractivity contribution in [1.82, 2.24) is 4.90 Å². The van der Waals surface area contributed by atoms with Crippen molar-refractivity contribution in [3.8, 4) is 0 Å². The topological polar surface area (TPSA) is 52.9 Å². The molecule has 0 radical (unpaired) electrons. The molecule has 0 bridgehead atoms. The van der Waals surface area contributed by atoms with Gasteiger partial charge in [-0.1, -0.05) is 12.1 Å². The quantitative estimate of drug-likeness (QED) is 0.587. The highest BCUT2D eigenvalue weighted by Crippen LogP contribution is 2.33. The highest BCUT2D eigenvalue weighted by Gasteiger charge is 2.31. The molecule has 1 aliphatic carbocycles. The van der Waals surface area contributed by atoms with Crippen molar-refractivity contribution in [3.05, 3.63) is 0 Å². The minimum Gasteiger partial charge on any atom is -0.411 e. The van der Waals surface area contributed by atoms with Crippen LogP contribution in [0.2, 0.25) is 0 Å². The summed E-state index contributed by atoms with van der Waals surface area (Å²) < 4.78 is 0. The maximum Gasteiger partial charge on any atom is 0.222 e. The number of hydrogen-bond acceptors (Lipinski definition) is 3. The number of piperidine rings is 1. The van der Waals surface area contributed by atoms with Gasteiger partial charge in [-0.05, 0) is 25.2 Å². The molecule has 4 heteroatoms. The summed E-state index contributed by atoms with van der Waals surface area (Å²) in [5, 5.41) is 12.2. The van der Waals surface area contributed by atoms with Crippen LogP contribution in [0.15, 0.2) is 5.16 Å². The van der Waals surface area contributed by atoms with E-state index in [1.165, 1.54) is 12.8 Å². The molecule has 1 atom stereocenters. The summed E-state index contributed by atoms with van der Waals surface area (Å²) in [5.41, 5.74) is 0.859. The van der Waals surface area contributed by atoms with Gasteiger partial charge in [0.1, 0.15) is 0 Å². The van der Waals surface area contributed by atoms with Gasteiger partial charge < -0.3 is 10.1 Å². The third-order valence-corrected chi connectivity index (χ3v) is 3.68. The molecule has 0 aromatic heterocycles. The second-order valence-electron chi connectivity index (χ2n) is 4.93. The van der Waals surface area contributed by atoms with Crippen LogP contribution >= 0.6 is 0 Å². The summed E-state index contributed by atoms with van der Waals surface area (Å²) in [6.45, 7) is 3.54. The van der Waals surface area contributed by atoms with Gasteiger partial charge in [-0.15, -0.1) is 0 Å². The van der Waals surface area contributed by atoms with Crippen LogP contribution in [0.4, 0.5) is 0 Å². The SMILES string of the molecule is CCC1CN(C(=O)CC2CC2)CCC1=NO. The molecule has 1 N–H and O–H groups in total. The Hall–Kier alpha value is -1.06. The van der Waals surface area contributed by atoms with E-state index in [4.69, 9.17) is 5.21 Å². The zero-order valence-electron chi connectivity index (χ0n) is 9.85. The van der Waals surface area contributed by atoms with Gasteiger partial charge in [0.25, 0.3) is 0 Å². The Morgan fingerprint density at radius 2 is 2.31 bits per heavy atom. The summed E-state index contributed by atoms with van der Waals surface area (Å²) in [6.07, 6.45) is 4.83. The van der Waals surface area contributed by atoms with Crippen molar-refractivity contribution >= 4 is 11.6 Å². The van der Waals surface area contributed by atoms with Gasteiger partial charge in [0.05, 0.1) is 5.71 Å². The van der Waals surface area contributed by atoms with Crippen LogP contribution in [0.25, 0.3) is 0 Å². The van der Waals surface area contributed by atoms with Crippen LogP contribution in [0.3, 0.4) is 0 Å². The fourth-order valence-electron chi connectivity index (χ4n) is 2.34. The van der Waals surface area contributed by atoms with Crippen LogP contribution < -0.4 is 0 Å². The van der Waals surface area contributed by atoms with Gasteiger partial charge >= 0.3 is 0 Å². The molecule has 2 rings (SSSR count). The van der Waals surface area contributed by atoms with E-state index in [0.717, 1.165) is 38.1 Å². The lowest BCUT2D eigenvalue weighted by atomic mass is 9.93. The Bertz CT molecular complexity index is 297. The normalized spacial score (nSPS) is 28.4. The number of rotatable bonds is 3. The number of likely N-dealkylation sites (tertiary alicyclic amines) is 1. The first-order valence-electron chi connectivity index (χ1n) is 6.23. The van der Waals surface area contributed by atoms with Crippen LogP contribution in [0.1, 0.15) is 39.0 Å². The van der Waals surface area contributed by atoms with Crippen LogP contribution in [-0.4, -0.2) is 34.8 Å². The molecule has 4 nitrogen and oxygen atoms in total. The van der Waals surface area contributed by atoms with E-state index in [-0.39, 0.29) is 11.8 Å². The summed E-state index contributed by atoms with van der Waals surface area (Å²) in [5.74, 6) is 1.19. The van der Waals surface area contributed by atoms with Gasteiger partial charge in [0.2, 0.25) is 5.91 Å². The molecule has 16 heavy (non-hydrogen) atoms. The molecule has 1 heterocycles. The lowest BCUT2D eigenvalue weighted by molar-refractivity contribution is -0.132. The standard InChI is InChI=1S/C12H20N2O2/c1-2-10-8-14(6-5-11(10)13-16)12(15)7-9-3-4-9/h9-10,16H,2-8H2,1H3. The lowest BCUT2D eigenvalue weighted by Gasteiger charge is -2.33. The molecule has 0 aromatic rings. The molecule has 0 spiro atoms. The van der Waals surface area contributed by atoms with E-state index in [2.05, 4.69) is 12.1 Å². The second kappa shape index (κ2) is 4.85.